The topological polar surface area (TPSA) is 62.8 Å². The van der Waals surface area contributed by atoms with Crippen LogP contribution in [0, 0.1) is 5.82 Å². The molecule has 1 atom stereocenters. The van der Waals surface area contributed by atoms with Crippen molar-refractivity contribution in [1.82, 2.24) is 15.5 Å². The molecule has 0 spiro atoms. The number of hydrogen-bond donors (Lipinski definition) is 2. The molecule has 1 saturated heterocycles. The van der Waals surface area contributed by atoms with Crippen LogP contribution in [0.2, 0.25) is 0 Å². The van der Waals surface area contributed by atoms with Crippen molar-refractivity contribution in [2.24, 2.45) is 0 Å². The Balaban J connectivity index is 0.00000300. The Morgan fingerprint density at radius 1 is 1.24 bits per heavy atom. The van der Waals surface area contributed by atoms with E-state index in [1.165, 1.54) is 12.1 Å². The van der Waals surface area contributed by atoms with E-state index in [9.17, 15) is 9.18 Å². The molecule has 29 heavy (non-hydrogen) atoms. The van der Waals surface area contributed by atoms with Gasteiger partial charge in [-0.15, -0.1) is 12.4 Å². The fraction of sp³-hybridized carbons (Fsp3) is 0.381. The summed E-state index contributed by atoms with van der Waals surface area (Å²) < 4.78 is 23.9. The third-order valence-electron chi connectivity index (χ3n) is 4.71. The van der Waals surface area contributed by atoms with Crippen LogP contribution in [-0.4, -0.2) is 57.2 Å². The maximum absolute atomic E-state index is 12.9. The number of piperazine rings is 1. The van der Waals surface area contributed by atoms with Gasteiger partial charge in [0.25, 0.3) is 0 Å². The van der Waals surface area contributed by atoms with E-state index in [1.807, 2.05) is 24.3 Å². The van der Waals surface area contributed by atoms with Gasteiger partial charge in [0.15, 0.2) is 0 Å². The third-order valence-corrected chi connectivity index (χ3v) is 4.71. The van der Waals surface area contributed by atoms with Gasteiger partial charge in [-0.3, -0.25) is 9.69 Å². The summed E-state index contributed by atoms with van der Waals surface area (Å²) in [7, 11) is 1.66. The molecule has 2 N–H and O–H groups in total. The zero-order valence-electron chi connectivity index (χ0n) is 16.4. The van der Waals surface area contributed by atoms with Gasteiger partial charge < -0.3 is 20.1 Å². The smallest absolute Gasteiger partial charge is 0.234 e. The SMILES string of the molecule is COc1ccccc1C1CNCCN1CC(=O)NCCOc1ccc(F)cc1.Cl. The predicted octanol–water partition coefficient (Wildman–Crippen LogP) is 2.40. The molecule has 0 aliphatic carbocycles. The van der Waals surface area contributed by atoms with Crippen LogP contribution in [0.3, 0.4) is 0 Å². The van der Waals surface area contributed by atoms with Crippen LogP contribution in [0.1, 0.15) is 11.6 Å². The fourth-order valence-corrected chi connectivity index (χ4v) is 3.31. The van der Waals surface area contributed by atoms with Crippen LogP contribution in [0.25, 0.3) is 0 Å². The van der Waals surface area contributed by atoms with Gasteiger partial charge in [-0.2, -0.15) is 0 Å². The number of methoxy groups -OCH3 is 1. The number of nitrogens with zero attached hydrogens (tertiary/aromatic N) is 1. The Morgan fingerprint density at radius 2 is 2.00 bits per heavy atom. The minimum atomic E-state index is -0.304. The molecular formula is C21H27ClFN3O3. The van der Waals surface area contributed by atoms with Crippen molar-refractivity contribution in [2.75, 3.05) is 46.4 Å². The Labute approximate surface area is 176 Å². The summed E-state index contributed by atoms with van der Waals surface area (Å²) in [6, 6.07) is 13.8. The van der Waals surface area contributed by atoms with E-state index in [2.05, 4.69) is 15.5 Å². The lowest BCUT2D eigenvalue weighted by molar-refractivity contribution is -0.123. The first-order valence-electron chi connectivity index (χ1n) is 9.40. The lowest BCUT2D eigenvalue weighted by Crippen LogP contribution is -2.49. The standard InChI is InChI=1S/C21H26FN3O3.ClH/c1-27-20-5-3-2-4-18(20)19-14-23-10-12-25(19)15-21(26)24-11-13-28-17-8-6-16(22)7-9-17;/h2-9,19,23H,10-15H2,1H3,(H,24,26);1H. The maximum Gasteiger partial charge on any atom is 0.234 e. The van der Waals surface area contributed by atoms with Crippen molar-refractivity contribution in [3.8, 4) is 11.5 Å². The predicted molar refractivity (Wildman–Crippen MR) is 112 cm³/mol. The molecule has 1 aliphatic heterocycles. The second-order valence-corrected chi connectivity index (χ2v) is 6.58. The largest absolute Gasteiger partial charge is 0.496 e. The Bertz CT molecular complexity index is 776. The van der Waals surface area contributed by atoms with Crippen molar-refractivity contribution in [1.29, 1.82) is 0 Å². The molecule has 2 aromatic carbocycles. The summed E-state index contributed by atoms with van der Waals surface area (Å²) in [4.78, 5) is 14.5. The second kappa shape index (κ2) is 11.6. The van der Waals surface area contributed by atoms with Gasteiger partial charge in [0, 0.05) is 25.2 Å². The summed E-state index contributed by atoms with van der Waals surface area (Å²) in [6.07, 6.45) is 0. The lowest BCUT2D eigenvalue weighted by Gasteiger charge is -2.36. The quantitative estimate of drug-likeness (QED) is 0.638. The number of rotatable bonds is 8. The molecule has 1 heterocycles. The van der Waals surface area contributed by atoms with E-state index >= 15 is 0 Å². The van der Waals surface area contributed by atoms with Crippen molar-refractivity contribution >= 4 is 18.3 Å². The molecule has 0 saturated carbocycles. The summed E-state index contributed by atoms with van der Waals surface area (Å²) in [5.41, 5.74) is 1.07. The Kier molecular flexibility index (Phi) is 9.18. The van der Waals surface area contributed by atoms with E-state index in [-0.39, 0.29) is 30.2 Å². The zero-order chi connectivity index (χ0) is 19.8. The number of para-hydroxylation sites is 1. The fourth-order valence-electron chi connectivity index (χ4n) is 3.31. The number of carbonyl (C=O) groups excluding carboxylic acids is 1. The average Bonchev–Trinajstić information content (AvgIpc) is 2.73. The van der Waals surface area contributed by atoms with Crippen LogP contribution in [0.5, 0.6) is 11.5 Å². The molecule has 0 aromatic heterocycles. The number of carbonyl (C=O) groups is 1. The Hall–Kier alpha value is -2.35. The molecule has 1 amide bonds. The van der Waals surface area contributed by atoms with Gasteiger partial charge in [0.2, 0.25) is 5.91 Å². The highest BCUT2D eigenvalue weighted by molar-refractivity contribution is 5.85. The van der Waals surface area contributed by atoms with Gasteiger partial charge in [0.1, 0.15) is 23.9 Å². The molecule has 8 heteroatoms. The highest BCUT2D eigenvalue weighted by Crippen LogP contribution is 2.29. The van der Waals surface area contributed by atoms with E-state index in [1.54, 1.807) is 19.2 Å². The number of nitrogens with one attached hydrogen (secondary N) is 2. The van der Waals surface area contributed by atoms with Crippen molar-refractivity contribution in [3.63, 3.8) is 0 Å². The number of amides is 1. The zero-order valence-corrected chi connectivity index (χ0v) is 17.2. The van der Waals surface area contributed by atoms with E-state index in [0.29, 0.717) is 25.4 Å². The number of halogens is 2. The highest BCUT2D eigenvalue weighted by Gasteiger charge is 2.27. The molecule has 6 nitrogen and oxygen atoms in total. The maximum atomic E-state index is 12.9. The average molecular weight is 424 g/mol. The first kappa shape index (κ1) is 22.9. The molecule has 1 unspecified atom stereocenters. The van der Waals surface area contributed by atoms with Crippen molar-refractivity contribution in [3.05, 3.63) is 59.9 Å². The summed E-state index contributed by atoms with van der Waals surface area (Å²) in [5, 5.41) is 6.27. The first-order chi connectivity index (χ1) is 13.7. The number of benzene rings is 2. The van der Waals surface area contributed by atoms with Crippen molar-refractivity contribution in [2.45, 2.75) is 6.04 Å². The van der Waals surface area contributed by atoms with E-state index in [0.717, 1.165) is 30.9 Å². The van der Waals surface area contributed by atoms with Crippen molar-refractivity contribution < 1.29 is 18.7 Å². The summed E-state index contributed by atoms with van der Waals surface area (Å²) in [5.74, 6) is 1.05. The minimum Gasteiger partial charge on any atom is -0.496 e. The molecule has 1 aliphatic rings. The van der Waals surface area contributed by atoms with E-state index < -0.39 is 0 Å². The summed E-state index contributed by atoms with van der Waals surface area (Å²) >= 11 is 0. The first-order valence-corrected chi connectivity index (χ1v) is 9.40. The van der Waals surface area contributed by atoms with Crippen LogP contribution >= 0.6 is 12.4 Å². The third kappa shape index (κ3) is 6.59. The molecule has 0 radical (unpaired) electrons. The van der Waals surface area contributed by atoms with Gasteiger partial charge in [0.05, 0.1) is 26.2 Å². The molecule has 2 aromatic rings. The minimum absolute atomic E-state index is 0. The van der Waals surface area contributed by atoms with Gasteiger partial charge in [-0.05, 0) is 30.3 Å². The lowest BCUT2D eigenvalue weighted by atomic mass is 10.0. The number of hydrogen-bond acceptors (Lipinski definition) is 5. The molecule has 1 fully saturated rings. The molecule has 158 valence electrons. The van der Waals surface area contributed by atoms with E-state index in [4.69, 9.17) is 9.47 Å². The number of ether oxygens (including phenoxy) is 2. The highest BCUT2D eigenvalue weighted by atomic mass is 35.5. The van der Waals surface area contributed by atoms with Crippen LogP contribution < -0.4 is 20.1 Å². The summed E-state index contributed by atoms with van der Waals surface area (Å²) in [6.45, 7) is 3.41. The van der Waals surface area contributed by atoms with Crippen LogP contribution in [0.15, 0.2) is 48.5 Å². The van der Waals surface area contributed by atoms with Crippen LogP contribution in [0.4, 0.5) is 4.39 Å². The monoisotopic (exact) mass is 423 g/mol. The normalized spacial score (nSPS) is 16.6. The molecular weight excluding hydrogens is 397 g/mol. The van der Waals surface area contributed by atoms with Gasteiger partial charge in [-0.25, -0.2) is 4.39 Å². The van der Waals surface area contributed by atoms with Gasteiger partial charge >= 0.3 is 0 Å². The molecule has 0 bridgehead atoms. The second-order valence-electron chi connectivity index (χ2n) is 6.58. The Morgan fingerprint density at radius 3 is 2.76 bits per heavy atom. The molecule has 3 rings (SSSR count). The van der Waals surface area contributed by atoms with Crippen LogP contribution in [-0.2, 0) is 4.79 Å². The van der Waals surface area contributed by atoms with Gasteiger partial charge in [-0.1, -0.05) is 18.2 Å².